The van der Waals surface area contributed by atoms with Crippen LogP contribution in [0.15, 0.2) is 0 Å². The molecule has 86 valence electrons. The third kappa shape index (κ3) is 9.96. The van der Waals surface area contributed by atoms with Gasteiger partial charge in [0.25, 0.3) is 0 Å². The predicted octanol–water partition coefficient (Wildman–Crippen LogP) is 1.34. The largest absolute Gasteiger partial charge is 0.375 e. The van der Waals surface area contributed by atoms with E-state index in [1.807, 2.05) is 7.05 Å². The van der Waals surface area contributed by atoms with Gasteiger partial charge in [0.2, 0.25) is 0 Å². The van der Waals surface area contributed by atoms with Crippen molar-refractivity contribution in [3.05, 3.63) is 0 Å². The lowest BCUT2D eigenvalue weighted by Gasteiger charge is -2.22. The Hall–Kier alpha value is -0.120. The number of ether oxygens (including phenoxy) is 1. The highest BCUT2D eigenvalue weighted by Crippen LogP contribution is 2.05. The second-order valence-corrected chi connectivity index (χ2v) is 4.72. The van der Waals surface area contributed by atoms with Crippen molar-refractivity contribution in [2.24, 2.45) is 0 Å². The summed E-state index contributed by atoms with van der Waals surface area (Å²) >= 11 is 0. The van der Waals surface area contributed by atoms with Gasteiger partial charge in [0.05, 0.1) is 12.2 Å². The van der Waals surface area contributed by atoms with E-state index in [9.17, 15) is 0 Å². The highest BCUT2D eigenvalue weighted by molar-refractivity contribution is 4.60. The van der Waals surface area contributed by atoms with Crippen LogP contribution in [0, 0.1) is 0 Å². The molecule has 0 aliphatic rings. The van der Waals surface area contributed by atoms with E-state index in [0.29, 0.717) is 0 Å². The Morgan fingerprint density at radius 3 is 2.36 bits per heavy atom. The van der Waals surface area contributed by atoms with E-state index in [1.165, 1.54) is 6.42 Å². The Labute approximate surface area is 88.8 Å². The summed E-state index contributed by atoms with van der Waals surface area (Å²) in [6.45, 7) is 10.3. The lowest BCUT2D eigenvalue weighted by molar-refractivity contribution is -0.0107. The number of hydrogen-bond donors (Lipinski definition) is 1. The van der Waals surface area contributed by atoms with Gasteiger partial charge in [-0.05, 0) is 54.4 Å². The molecule has 0 unspecified atom stereocenters. The van der Waals surface area contributed by atoms with Crippen LogP contribution in [0.5, 0.6) is 0 Å². The highest BCUT2D eigenvalue weighted by Gasteiger charge is 2.09. The molecule has 0 aliphatic heterocycles. The summed E-state index contributed by atoms with van der Waals surface area (Å²) in [4.78, 5) is 2.31. The zero-order valence-electron chi connectivity index (χ0n) is 10.4. The van der Waals surface area contributed by atoms with Gasteiger partial charge in [-0.2, -0.15) is 0 Å². The summed E-state index contributed by atoms with van der Waals surface area (Å²) in [5, 5.41) is 3.15. The van der Waals surface area contributed by atoms with Crippen LogP contribution in [-0.4, -0.2) is 50.8 Å². The molecule has 0 aromatic rings. The second kappa shape index (κ2) is 7.21. The molecule has 14 heavy (non-hydrogen) atoms. The Morgan fingerprint density at radius 2 is 1.86 bits per heavy atom. The third-order valence-corrected chi connectivity index (χ3v) is 1.97. The molecule has 0 fully saturated rings. The third-order valence-electron chi connectivity index (χ3n) is 1.97. The molecular weight excluding hydrogens is 176 g/mol. The van der Waals surface area contributed by atoms with E-state index in [4.69, 9.17) is 4.74 Å². The number of nitrogens with one attached hydrogen (secondary N) is 1. The van der Waals surface area contributed by atoms with Gasteiger partial charge >= 0.3 is 0 Å². The summed E-state index contributed by atoms with van der Waals surface area (Å²) in [7, 11) is 4.13. The van der Waals surface area contributed by atoms with Crippen molar-refractivity contribution in [3.63, 3.8) is 0 Å². The van der Waals surface area contributed by atoms with Crippen LogP contribution < -0.4 is 5.32 Å². The van der Waals surface area contributed by atoms with Gasteiger partial charge in [0, 0.05) is 6.54 Å². The van der Waals surface area contributed by atoms with Crippen LogP contribution in [0.1, 0.15) is 27.2 Å². The smallest absolute Gasteiger partial charge is 0.0600 e. The van der Waals surface area contributed by atoms with Crippen LogP contribution in [-0.2, 0) is 4.74 Å². The Kier molecular flexibility index (Phi) is 7.15. The molecule has 0 amide bonds. The van der Waals surface area contributed by atoms with E-state index in [1.54, 1.807) is 0 Å². The summed E-state index contributed by atoms with van der Waals surface area (Å²) < 4.78 is 5.65. The number of likely N-dealkylation sites (N-methyl/N-ethyl adjacent to an activating group) is 1. The Morgan fingerprint density at radius 1 is 1.21 bits per heavy atom. The standard InChI is InChI=1S/C11H26N2O/c1-11(2,3)14-10-9-13(5)8-6-7-12-4/h12H,6-10H2,1-5H3. The molecule has 0 heterocycles. The molecule has 3 nitrogen and oxygen atoms in total. The summed E-state index contributed by atoms with van der Waals surface area (Å²) in [6.07, 6.45) is 1.20. The molecule has 0 bridgehead atoms. The average molecular weight is 202 g/mol. The van der Waals surface area contributed by atoms with Crippen molar-refractivity contribution in [3.8, 4) is 0 Å². The van der Waals surface area contributed by atoms with Crippen LogP contribution in [0.4, 0.5) is 0 Å². The van der Waals surface area contributed by atoms with Crippen molar-refractivity contribution < 1.29 is 4.74 Å². The summed E-state index contributed by atoms with van der Waals surface area (Å²) in [5.74, 6) is 0. The van der Waals surface area contributed by atoms with Crippen molar-refractivity contribution in [2.75, 3.05) is 40.3 Å². The molecule has 0 atom stereocenters. The monoisotopic (exact) mass is 202 g/mol. The van der Waals surface area contributed by atoms with E-state index >= 15 is 0 Å². The maximum Gasteiger partial charge on any atom is 0.0600 e. The molecule has 0 spiro atoms. The highest BCUT2D eigenvalue weighted by atomic mass is 16.5. The van der Waals surface area contributed by atoms with E-state index in [2.05, 4.69) is 38.0 Å². The molecule has 1 N–H and O–H groups in total. The van der Waals surface area contributed by atoms with E-state index in [-0.39, 0.29) is 5.60 Å². The van der Waals surface area contributed by atoms with Gasteiger partial charge in [-0.1, -0.05) is 0 Å². The normalized spacial score (nSPS) is 12.4. The molecule has 0 aliphatic carbocycles. The molecule has 0 saturated carbocycles. The molecule has 0 aromatic carbocycles. The van der Waals surface area contributed by atoms with Gasteiger partial charge in [-0.25, -0.2) is 0 Å². The van der Waals surface area contributed by atoms with Crippen LogP contribution >= 0.6 is 0 Å². The van der Waals surface area contributed by atoms with Crippen molar-refractivity contribution in [1.82, 2.24) is 10.2 Å². The van der Waals surface area contributed by atoms with Gasteiger partial charge in [-0.3, -0.25) is 0 Å². The molecule has 0 saturated heterocycles. The minimum atomic E-state index is -0.00812. The number of hydrogen-bond acceptors (Lipinski definition) is 3. The van der Waals surface area contributed by atoms with Crippen LogP contribution in [0.25, 0.3) is 0 Å². The van der Waals surface area contributed by atoms with Crippen molar-refractivity contribution in [2.45, 2.75) is 32.8 Å². The van der Waals surface area contributed by atoms with Crippen molar-refractivity contribution in [1.29, 1.82) is 0 Å². The molecule has 0 radical (unpaired) electrons. The van der Waals surface area contributed by atoms with Gasteiger partial charge in [-0.15, -0.1) is 0 Å². The van der Waals surface area contributed by atoms with Crippen LogP contribution in [0.3, 0.4) is 0 Å². The number of rotatable bonds is 7. The minimum absolute atomic E-state index is 0.00812. The zero-order valence-corrected chi connectivity index (χ0v) is 10.4. The maximum absolute atomic E-state index is 5.65. The summed E-state index contributed by atoms with van der Waals surface area (Å²) in [5.41, 5.74) is -0.00812. The van der Waals surface area contributed by atoms with Crippen LogP contribution in [0.2, 0.25) is 0 Å². The van der Waals surface area contributed by atoms with E-state index in [0.717, 1.165) is 26.2 Å². The summed E-state index contributed by atoms with van der Waals surface area (Å²) in [6, 6.07) is 0. The van der Waals surface area contributed by atoms with Gasteiger partial charge in [0.1, 0.15) is 0 Å². The fourth-order valence-electron chi connectivity index (χ4n) is 1.15. The second-order valence-electron chi connectivity index (χ2n) is 4.72. The molecule has 0 rings (SSSR count). The first-order valence-electron chi connectivity index (χ1n) is 5.43. The Bertz CT molecular complexity index is 132. The maximum atomic E-state index is 5.65. The SMILES string of the molecule is CNCCCN(C)CCOC(C)(C)C. The van der Waals surface area contributed by atoms with Crippen molar-refractivity contribution >= 4 is 0 Å². The average Bonchev–Trinajstić information content (AvgIpc) is 2.02. The van der Waals surface area contributed by atoms with E-state index < -0.39 is 0 Å². The zero-order chi connectivity index (χ0) is 11.0. The fourth-order valence-corrected chi connectivity index (χ4v) is 1.15. The quantitative estimate of drug-likeness (QED) is 0.631. The topological polar surface area (TPSA) is 24.5 Å². The molecular formula is C11H26N2O. The molecule has 0 aromatic heterocycles. The lowest BCUT2D eigenvalue weighted by Crippen LogP contribution is -2.29. The Balaban J connectivity index is 3.31. The predicted molar refractivity (Wildman–Crippen MR) is 61.7 cm³/mol. The fraction of sp³-hybridized carbons (Fsp3) is 1.00. The first-order chi connectivity index (χ1) is 6.45. The minimum Gasteiger partial charge on any atom is -0.375 e. The molecule has 3 heteroatoms. The first-order valence-corrected chi connectivity index (χ1v) is 5.43. The van der Waals surface area contributed by atoms with Gasteiger partial charge in [0.15, 0.2) is 0 Å². The lowest BCUT2D eigenvalue weighted by atomic mass is 10.2. The first kappa shape index (κ1) is 13.9. The van der Waals surface area contributed by atoms with Gasteiger partial charge < -0.3 is 15.0 Å². The number of nitrogens with zero attached hydrogens (tertiary/aromatic N) is 1.